The van der Waals surface area contributed by atoms with Gasteiger partial charge in [0.05, 0.1) is 24.8 Å². The summed E-state index contributed by atoms with van der Waals surface area (Å²) in [6.45, 7) is 6.00. The highest BCUT2D eigenvalue weighted by Crippen LogP contribution is 2.34. The highest BCUT2D eigenvalue weighted by atomic mass is 16.5. The van der Waals surface area contributed by atoms with E-state index in [2.05, 4.69) is 16.6 Å². The van der Waals surface area contributed by atoms with Gasteiger partial charge in [0.2, 0.25) is 0 Å². The predicted octanol–water partition coefficient (Wildman–Crippen LogP) is 2.29. The lowest BCUT2D eigenvalue weighted by Crippen LogP contribution is -2.45. The molecule has 1 aromatic carbocycles. The zero-order valence-corrected chi connectivity index (χ0v) is 15.0. The van der Waals surface area contributed by atoms with E-state index in [1.165, 1.54) is 0 Å². The third-order valence-electron chi connectivity index (χ3n) is 3.68. The van der Waals surface area contributed by atoms with E-state index in [1.807, 2.05) is 6.92 Å². The van der Waals surface area contributed by atoms with E-state index in [0.29, 0.717) is 34.9 Å². The van der Waals surface area contributed by atoms with Gasteiger partial charge in [0.1, 0.15) is 6.61 Å². The normalized spacial score (nSPS) is 16.2. The van der Waals surface area contributed by atoms with Crippen LogP contribution in [0.5, 0.6) is 11.5 Å². The van der Waals surface area contributed by atoms with E-state index in [0.717, 1.165) is 0 Å². The second-order valence-electron chi connectivity index (χ2n) is 5.42. The Morgan fingerprint density at radius 2 is 2.00 bits per heavy atom. The van der Waals surface area contributed by atoms with Crippen LogP contribution < -0.4 is 20.1 Å². The average Bonchev–Trinajstić information content (AvgIpc) is 2.60. The number of hydrogen-bond donors (Lipinski definition) is 2. The van der Waals surface area contributed by atoms with Crippen LogP contribution in [0.4, 0.5) is 4.79 Å². The Hall–Kier alpha value is -3.14. The van der Waals surface area contributed by atoms with Gasteiger partial charge < -0.3 is 24.8 Å². The van der Waals surface area contributed by atoms with Crippen molar-refractivity contribution < 1.29 is 23.8 Å². The topological polar surface area (TPSA) is 85.9 Å². The molecule has 1 aromatic rings. The minimum absolute atomic E-state index is 0.108. The first-order chi connectivity index (χ1) is 12.5. The van der Waals surface area contributed by atoms with Gasteiger partial charge in [0, 0.05) is 5.70 Å². The zero-order valence-electron chi connectivity index (χ0n) is 15.0. The molecular formula is C19H22N2O5. The van der Waals surface area contributed by atoms with Crippen molar-refractivity contribution >= 4 is 12.0 Å². The third kappa shape index (κ3) is 4.28. The van der Waals surface area contributed by atoms with E-state index < -0.39 is 18.0 Å². The lowest BCUT2D eigenvalue weighted by molar-refractivity contribution is -0.139. The van der Waals surface area contributed by atoms with E-state index in [9.17, 15) is 9.59 Å². The third-order valence-corrected chi connectivity index (χ3v) is 3.68. The molecule has 26 heavy (non-hydrogen) atoms. The van der Waals surface area contributed by atoms with Crippen LogP contribution in [0.1, 0.15) is 32.4 Å². The van der Waals surface area contributed by atoms with Gasteiger partial charge in [0.15, 0.2) is 11.5 Å². The number of carbonyl (C=O) groups excluding carboxylic acids is 2. The van der Waals surface area contributed by atoms with Crippen molar-refractivity contribution in [2.24, 2.45) is 0 Å². The Bertz CT molecular complexity index is 764. The van der Waals surface area contributed by atoms with E-state index in [1.54, 1.807) is 32.0 Å². The van der Waals surface area contributed by atoms with Crippen molar-refractivity contribution in [3.63, 3.8) is 0 Å². The van der Waals surface area contributed by atoms with Crippen LogP contribution in [0.2, 0.25) is 0 Å². The molecule has 0 aromatic heterocycles. The number of amides is 2. The minimum atomic E-state index is -0.663. The summed E-state index contributed by atoms with van der Waals surface area (Å²) in [6.07, 6.45) is 5.23. The molecule has 0 spiro atoms. The second kappa shape index (κ2) is 8.81. The number of rotatable bonds is 7. The smallest absolute Gasteiger partial charge is 0.338 e. The molecule has 1 aliphatic heterocycles. The molecule has 0 aliphatic carbocycles. The fourth-order valence-corrected chi connectivity index (χ4v) is 2.63. The van der Waals surface area contributed by atoms with Crippen molar-refractivity contribution in [1.82, 2.24) is 10.6 Å². The quantitative estimate of drug-likeness (QED) is 0.577. The van der Waals surface area contributed by atoms with Crippen LogP contribution in [0.3, 0.4) is 0 Å². The monoisotopic (exact) mass is 358 g/mol. The number of esters is 1. The maximum absolute atomic E-state index is 12.4. The van der Waals surface area contributed by atoms with Gasteiger partial charge in [0.25, 0.3) is 0 Å². The summed E-state index contributed by atoms with van der Waals surface area (Å²) in [5.41, 5.74) is 1.45. The summed E-state index contributed by atoms with van der Waals surface area (Å²) in [7, 11) is 0. The van der Waals surface area contributed by atoms with Gasteiger partial charge in [-0.1, -0.05) is 12.0 Å². The minimum Gasteiger partial charge on any atom is -0.490 e. The predicted molar refractivity (Wildman–Crippen MR) is 95.7 cm³/mol. The molecule has 2 N–H and O–H groups in total. The Kier molecular flexibility index (Phi) is 6.50. The second-order valence-corrected chi connectivity index (χ2v) is 5.42. The van der Waals surface area contributed by atoms with Gasteiger partial charge in [-0.3, -0.25) is 0 Å². The molecule has 0 radical (unpaired) electrons. The first kappa shape index (κ1) is 19.2. The van der Waals surface area contributed by atoms with Crippen LogP contribution in [-0.4, -0.2) is 31.8 Å². The molecule has 0 saturated heterocycles. The van der Waals surface area contributed by atoms with Gasteiger partial charge >= 0.3 is 12.0 Å². The molecule has 7 heteroatoms. The number of urea groups is 1. The molecule has 1 atom stereocenters. The highest BCUT2D eigenvalue weighted by Gasteiger charge is 2.32. The van der Waals surface area contributed by atoms with Crippen molar-refractivity contribution in [2.45, 2.75) is 26.8 Å². The molecule has 2 amide bonds. The van der Waals surface area contributed by atoms with E-state index in [4.69, 9.17) is 20.6 Å². The molecule has 7 nitrogen and oxygen atoms in total. The molecule has 1 unspecified atom stereocenters. The fraction of sp³-hybridized carbons (Fsp3) is 0.368. The van der Waals surface area contributed by atoms with E-state index in [-0.39, 0.29) is 13.2 Å². The summed E-state index contributed by atoms with van der Waals surface area (Å²) in [5.74, 6) is 2.88. The van der Waals surface area contributed by atoms with Gasteiger partial charge in [-0.25, -0.2) is 9.59 Å². The fourth-order valence-electron chi connectivity index (χ4n) is 2.63. The lowest BCUT2D eigenvalue weighted by Gasteiger charge is -2.28. The summed E-state index contributed by atoms with van der Waals surface area (Å²) < 4.78 is 16.2. The van der Waals surface area contributed by atoms with Crippen molar-refractivity contribution in [2.75, 3.05) is 19.8 Å². The molecule has 0 fully saturated rings. The van der Waals surface area contributed by atoms with Crippen molar-refractivity contribution in [3.05, 3.63) is 35.0 Å². The maximum Gasteiger partial charge on any atom is 0.338 e. The Morgan fingerprint density at radius 3 is 2.65 bits per heavy atom. The summed E-state index contributed by atoms with van der Waals surface area (Å²) in [4.78, 5) is 24.3. The van der Waals surface area contributed by atoms with Gasteiger partial charge in [-0.2, -0.15) is 0 Å². The molecular weight excluding hydrogens is 336 g/mol. The summed E-state index contributed by atoms with van der Waals surface area (Å²) in [6, 6.07) is 4.11. The highest BCUT2D eigenvalue weighted by molar-refractivity contribution is 5.95. The SMILES string of the molecule is C#CCOc1ccc(C2NC(=O)NC(C)=C2C(=O)OCC)cc1OCC. The standard InChI is InChI=1S/C19H22N2O5/c1-5-10-26-14-9-8-13(11-15(14)24-6-2)17-16(18(22)25-7-3)12(4)20-19(23)21-17/h1,8-9,11,17H,6-7,10H2,2-4H3,(H2,20,21,23). The first-order valence-electron chi connectivity index (χ1n) is 8.30. The van der Waals surface area contributed by atoms with Crippen molar-refractivity contribution in [1.29, 1.82) is 0 Å². The first-order valence-corrected chi connectivity index (χ1v) is 8.30. The van der Waals surface area contributed by atoms with Crippen LogP contribution in [0.15, 0.2) is 29.5 Å². The summed E-state index contributed by atoms with van der Waals surface area (Å²) >= 11 is 0. The molecule has 0 bridgehead atoms. The van der Waals surface area contributed by atoms with Gasteiger partial charge in [-0.05, 0) is 38.5 Å². The van der Waals surface area contributed by atoms with Crippen LogP contribution in [-0.2, 0) is 9.53 Å². The molecule has 1 heterocycles. The molecule has 2 rings (SSSR count). The lowest BCUT2D eigenvalue weighted by atomic mass is 9.95. The Balaban J connectivity index is 2.44. The van der Waals surface area contributed by atoms with Gasteiger partial charge in [-0.15, -0.1) is 6.42 Å². The average molecular weight is 358 g/mol. The number of allylic oxidation sites excluding steroid dienone is 1. The Morgan fingerprint density at radius 1 is 1.23 bits per heavy atom. The molecule has 1 aliphatic rings. The number of terminal acetylenes is 1. The number of ether oxygens (including phenoxy) is 3. The largest absolute Gasteiger partial charge is 0.490 e. The van der Waals surface area contributed by atoms with Crippen LogP contribution >= 0.6 is 0 Å². The number of hydrogen-bond acceptors (Lipinski definition) is 5. The number of nitrogens with one attached hydrogen (secondary N) is 2. The van der Waals surface area contributed by atoms with E-state index >= 15 is 0 Å². The maximum atomic E-state index is 12.4. The number of carbonyl (C=O) groups is 2. The van der Waals surface area contributed by atoms with Crippen LogP contribution in [0.25, 0.3) is 0 Å². The summed E-state index contributed by atoms with van der Waals surface area (Å²) in [5, 5.41) is 5.35. The van der Waals surface area contributed by atoms with Crippen LogP contribution in [0, 0.1) is 12.3 Å². The zero-order chi connectivity index (χ0) is 19.1. The molecule has 0 saturated carbocycles. The Labute approximate surface area is 152 Å². The van der Waals surface area contributed by atoms with Crippen molar-refractivity contribution in [3.8, 4) is 23.8 Å². The molecule has 138 valence electrons. The number of benzene rings is 1.